The molecule has 3 heteroatoms. The molecule has 0 aliphatic rings. The second-order valence-electron chi connectivity index (χ2n) is 3.33. The Bertz CT molecular complexity index is 429. The molecule has 76 valence electrons. The molecule has 0 fully saturated rings. The van der Waals surface area contributed by atoms with Crippen LogP contribution in [0, 0.1) is 0 Å². The van der Waals surface area contributed by atoms with Crippen molar-refractivity contribution in [2.24, 2.45) is 0 Å². The monoisotopic (exact) mass is 202 g/mol. The SMILES string of the molecule is FCc1cccc(Cc2ccncn2)c1. The Morgan fingerprint density at radius 2 is 2.00 bits per heavy atom. The van der Waals surface area contributed by atoms with E-state index in [2.05, 4.69) is 9.97 Å². The van der Waals surface area contributed by atoms with E-state index in [-0.39, 0.29) is 0 Å². The van der Waals surface area contributed by atoms with Crippen LogP contribution in [0.2, 0.25) is 0 Å². The molecule has 1 aromatic carbocycles. The number of benzene rings is 1. The number of aromatic nitrogens is 2. The average molecular weight is 202 g/mol. The Morgan fingerprint density at radius 1 is 1.13 bits per heavy atom. The highest BCUT2D eigenvalue weighted by Gasteiger charge is 1.98. The smallest absolute Gasteiger partial charge is 0.115 e. The van der Waals surface area contributed by atoms with Gasteiger partial charge in [0, 0.05) is 18.3 Å². The zero-order chi connectivity index (χ0) is 10.5. The van der Waals surface area contributed by atoms with E-state index >= 15 is 0 Å². The third-order valence-corrected chi connectivity index (χ3v) is 2.17. The highest BCUT2D eigenvalue weighted by atomic mass is 19.1. The highest BCUT2D eigenvalue weighted by Crippen LogP contribution is 2.10. The summed E-state index contributed by atoms with van der Waals surface area (Å²) in [5, 5.41) is 0. The van der Waals surface area contributed by atoms with Gasteiger partial charge in [0.1, 0.15) is 13.0 Å². The van der Waals surface area contributed by atoms with Crippen molar-refractivity contribution in [1.29, 1.82) is 0 Å². The predicted molar refractivity (Wildman–Crippen MR) is 56.1 cm³/mol. The molecule has 1 aromatic heterocycles. The van der Waals surface area contributed by atoms with Crippen molar-refractivity contribution in [2.75, 3.05) is 0 Å². The predicted octanol–water partition coefficient (Wildman–Crippen LogP) is 2.54. The van der Waals surface area contributed by atoms with Crippen LogP contribution < -0.4 is 0 Å². The Hall–Kier alpha value is -1.77. The maximum Gasteiger partial charge on any atom is 0.115 e. The van der Waals surface area contributed by atoms with Crippen LogP contribution in [-0.2, 0) is 13.1 Å². The topological polar surface area (TPSA) is 25.8 Å². The molecule has 2 aromatic rings. The van der Waals surface area contributed by atoms with E-state index in [1.807, 2.05) is 24.3 Å². The van der Waals surface area contributed by atoms with Gasteiger partial charge >= 0.3 is 0 Å². The summed E-state index contributed by atoms with van der Waals surface area (Å²) in [6.07, 6.45) is 3.95. The Kier molecular flexibility index (Phi) is 3.02. The molecule has 1 heterocycles. The maximum absolute atomic E-state index is 12.4. The lowest BCUT2D eigenvalue weighted by atomic mass is 10.1. The quantitative estimate of drug-likeness (QED) is 0.764. The molecular formula is C12H11FN2. The van der Waals surface area contributed by atoms with Crippen LogP contribution in [0.15, 0.2) is 42.9 Å². The zero-order valence-corrected chi connectivity index (χ0v) is 8.23. The van der Waals surface area contributed by atoms with Crippen LogP contribution in [0.4, 0.5) is 4.39 Å². The molecule has 0 aliphatic carbocycles. The molecule has 0 amide bonds. The standard InChI is InChI=1S/C12H11FN2/c13-8-11-3-1-2-10(6-11)7-12-4-5-14-9-15-12/h1-6,9H,7-8H2. The van der Waals surface area contributed by atoms with Gasteiger partial charge in [-0.3, -0.25) is 0 Å². The van der Waals surface area contributed by atoms with Crippen molar-refractivity contribution in [3.63, 3.8) is 0 Å². The first-order valence-corrected chi connectivity index (χ1v) is 4.77. The van der Waals surface area contributed by atoms with Crippen molar-refractivity contribution >= 4 is 0 Å². The Labute approximate surface area is 87.8 Å². The van der Waals surface area contributed by atoms with E-state index in [1.54, 1.807) is 12.3 Å². The average Bonchev–Trinajstić information content (AvgIpc) is 2.31. The largest absolute Gasteiger partial charge is 0.246 e. The summed E-state index contributed by atoms with van der Waals surface area (Å²) < 4.78 is 12.4. The number of nitrogens with zero attached hydrogens (tertiary/aromatic N) is 2. The third-order valence-electron chi connectivity index (χ3n) is 2.17. The molecule has 0 saturated carbocycles. The van der Waals surface area contributed by atoms with Crippen LogP contribution in [0.1, 0.15) is 16.8 Å². The van der Waals surface area contributed by atoms with Crippen molar-refractivity contribution in [1.82, 2.24) is 9.97 Å². The fourth-order valence-corrected chi connectivity index (χ4v) is 1.45. The molecule has 0 bridgehead atoms. The minimum atomic E-state index is -0.419. The molecule has 0 aliphatic heterocycles. The molecule has 0 saturated heterocycles. The van der Waals surface area contributed by atoms with Gasteiger partial charge < -0.3 is 0 Å². The lowest BCUT2D eigenvalue weighted by Crippen LogP contribution is -1.93. The lowest BCUT2D eigenvalue weighted by Gasteiger charge is -2.02. The van der Waals surface area contributed by atoms with Crippen molar-refractivity contribution in [3.05, 3.63) is 59.7 Å². The summed E-state index contributed by atoms with van der Waals surface area (Å²) in [4.78, 5) is 7.97. The maximum atomic E-state index is 12.4. The first kappa shape index (κ1) is 9.77. The first-order valence-electron chi connectivity index (χ1n) is 4.77. The van der Waals surface area contributed by atoms with Crippen LogP contribution in [0.5, 0.6) is 0 Å². The minimum absolute atomic E-state index is 0.419. The summed E-state index contributed by atoms with van der Waals surface area (Å²) in [5.41, 5.74) is 2.73. The van der Waals surface area contributed by atoms with E-state index in [1.165, 1.54) is 6.33 Å². The lowest BCUT2D eigenvalue weighted by molar-refractivity contribution is 0.485. The van der Waals surface area contributed by atoms with Gasteiger partial charge in [0.2, 0.25) is 0 Å². The molecule has 0 radical (unpaired) electrons. The summed E-state index contributed by atoms with van der Waals surface area (Å²) in [6, 6.07) is 9.35. The normalized spacial score (nSPS) is 10.2. The Balaban J connectivity index is 2.17. The first-order chi connectivity index (χ1) is 7.38. The van der Waals surface area contributed by atoms with Gasteiger partial charge in [0.05, 0.1) is 0 Å². The Morgan fingerprint density at radius 3 is 2.73 bits per heavy atom. The van der Waals surface area contributed by atoms with Gasteiger partial charge in [-0.1, -0.05) is 24.3 Å². The van der Waals surface area contributed by atoms with Crippen LogP contribution in [0.3, 0.4) is 0 Å². The van der Waals surface area contributed by atoms with E-state index in [9.17, 15) is 4.39 Å². The van der Waals surface area contributed by atoms with Gasteiger partial charge in [0.15, 0.2) is 0 Å². The third kappa shape index (κ3) is 2.59. The van der Waals surface area contributed by atoms with Gasteiger partial charge in [0.25, 0.3) is 0 Å². The zero-order valence-electron chi connectivity index (χ0n) is 8.23. The van der Waals surface area contributed by atoms with Crippen molar-refractivity contribution in [2.45, 2.75) is 13.1 Å². The second kappa shape index (κ2) is 4.64. The van der Waals surface area contributed by atoms with Gasteiger partial charge in [-0.25, -0.2) is 14.4 Å². The van der Waals surface area contributed by atoms with Crippen molar-refractivity contribution in [3.8, 4) is 0 Å². The van der Waals surface area contributed by atoms with Crippen LogP contribution in [0.25, 0.3) is 0 Å². The minimum Gasteiger partial charge on any atom is -0.246 e. The molecule has 15 heavy (non-hydrogen) atoms. The summed E-state index contributed by atoms with van der Waals surface area (Å²) in [5.74, 6) is 0. The summed E-state index contributed by atoms with van der Waals surface area (Å²) in [7, 11) is 0. The number of hydrogen-bond donors (Lipinski definition) is 0. The molecule has 0 N–H and O–H groups in total. The van der Waals surface area contributed by atoms with Gasteiger partial charge in [-0.15, -0.1) is 0 Å². The summed E-state index contributed by atoms with van der Waals surface area (Å²) in [6.45, 7) is -0.419. The summed E-state index contributed by atoms with van der Waals surface area (Å²) >= 11 is 0. The molecule has 2 nitrogen and oxygen atoms in total. The van der Waals surface area contributed by atoms with E-state index in [0.717, 1.165) is 17.7 Å². The van der Waals surface area contributed by atoms with Gasteiger partial charge in [-0.05, 0) is 17.2 Å². The number of rotatable bonds is 3. The van der Waals surface area contributed by atoms with Crippen molar-refractivity contribution < 1.29 is 4.39 Å². The number of hydrogen-bond acceptors (Lipinski definition) is 2. The molecule has 0 atom stereocenters. The van der Waals surface area contributed by atoms with E-state index in [4.69, 9.17) is 0 Å². The molecule has 0 unspecified atom stereocenters. The van der Waals surface area contributed by atoms with Crippen LogP contribution >= 0.6 is 0 Å². The number of halogens is 1. The number of alkyl halides is 1. The molecule has 0 spiro atoms. The molecule has 2 rings (SSSR count). The van der Waals surface area contributed by atoms with Crippen LogP contribution in [-0.4, -0.2) is 9.97 Å². The van der Waals surface area contributed by atoms with E-state index < -0.39 is 6.67 Å². The fraction of sp³-hybridized carbons (Fsp3) is 0.167. The fourth-order valence-electron chi connectivity index (χ4n) is 1.45. The van der Waals surface area contributed by atoms with E-state index in [0.29, 0.717) is 5.56 Å². The highest BCUT2D eigenvalue weighted by molar-refractivity contribution is 5.26. The molecular weight excluding hydrogens is 191 g/mol. The van der Waals surface area contributed by atoms with Gasteiger partial charge in [-0.2, -0.15) is 0 Å². The second-order valence-corrected chi connectivity index (χ2v) is 3.33.